The highest BCUT2D eigenvalue weighted by Crippen LogP contribution is 2.13. The maximum Gasteiger partial charge on any atom is 0.333 e. The van der Waals surface area contributed by atoms with Crippen LogP contribution >= 0.6 is 0 Å². The van der Waals surface area contributed by atoms with Gasteiger partial charge in [0.25, 0.3) is 0 Å². The van der Waals surface area contributed by atoms with E-state index in [4.69, 9.17) is 4.74 Å². The van der Waals surface area contributed by atoms with Gasteiger partial charge >= 0.3 is 5.97 Å². The van der Waals surface area contributed by atoms with Gasteiger partial charge in [-0.05, 0) is 32.1 Å². The summed E-state index contributed by atoms with van der Waals surface area (Å²) in [6.45, 7) is 8.96. The zero-order chi connectivity index (χ0) is 14.5. The Bertz CT molecular complexity index is 252. The largest absolute Gasteiger partial charge is 0.462 e. The second-order valence-electron chi connectivity index (χ2n) is 5.33. The van der Waals surface area contributed by atoms with E-state index in [9.17, 15) is 4.79 Å². The monoisotopic (exact) mass is 268 g/mol. The summed E-state index contributed by atoms with van der Waals surface area (Å²) in [4.78, 5) is 11.8. The number of rotatable bonds is 11. The van der Waals surface area contributed by atoms with Gasteiger partial charge in [0.15, 0.2) is 0 Å². The Morgan fingerprint density at radius 2 is 1.58 bits per heavy atom. The van der Waals surface area contributed by atoms with Crippen molar-refractivity contribution in [2.45, 2.75) is 79.1 Å². The van der Waals surface area contributed by atoms with E-state index in [0.717, 1.165) is 24.8 Å². The molecule has 2 nitrogen and oxygen atoms in total. The molecule has 0 amide bonds. The van der Waals surface area contributed by atoms with Gasteiger partial charge in [0, 0.05) is 5.57 Å². The number of esters is 1. The van der Waals surface area contributed by atoms with E-state index in [2.05, 4.69) is 26.8 Å². The van der Waals surface area contributed by atoms with Gasteiger partial charge in [0.05, 0.1) is 6.61 Å². The smallest absolute Gasteiger partial charge is 0.333 e. The van der Waals surface area contributed by atoms with Gasteiger partial charge in [0.2, 0.25) is 0 Å². The molecule has 0 saturated heterocycles. The van der Waals surface area contributed by atoms with Crippen LogP contribution in [0.15, 0.2) is 11.6 Å². The SMILES string of the molecule is CCCCCCCCOC(=O)C(C)=CC(CC)CC. The highest BCUT2D eigenvalue weighted by Gasteiger charge is 2.08. The molecule has 0 saturated carbocycles. The predicted octanol–water partition coefficient (Wildman–Crippen LogP) is 5.27. The van der Waals surface area contributed by atoms with E-state index >= 15 is 0 Å². The minimum atomic E-state index is -0.138. The fraction of sp³-hybridized carbons (Fsp3) is 0.824. The Morgan fingerprint density at radius 1 is 1.00 bits per heavy atom. The van der Waals surface area contributed by atoms with Gasteiger partial charge in [-0.1, -0.05) is 59.0 Å². The summed E-state index contributed by atoms with van der Waals surface area (Å²) in [7, 11) is 0. The number of hydrogen-bond acceptors (Lipinski definition) is 2. The quantitative estimate of drug-likeness (QED) is 0.290. The lowest BCUT2D eigenvalue weighted by molar-refractivity contribution is -0.139. The van der Waals surface area contributed by atoms with E-state index < -0.39 is 0 Å². The molecule has 0 rings (SSSR count). The summed E-state index contributed by atoms with van der Waals surface area (Å²) in [5.41, 5.74) is 0.764. The Morgan fingerprint density at radius 3 is 2.16 bits per heavy atom. The fourth-order valence-corrected chi connectivity index (χ4v) is 2.11. The van der Waals surface area contributed by atoms with Crippen LogP contribution in [0.25, 0.3) is 0 Å². The predicted molar refractivity (Wildman–Crippen MR) is 82.2 cm³/mol. The van der Waals surface area contributed by atoms with Gasteiger partial charge in [-0.2, -0.15) is 0 Å². The zero-order valence-electron chi connectivity index (χ0n) is 13.3. The Hall–Kier alpha value is -0.790. The summed E-state index contributed by atoms with van der Waals surface area (Å²) in [6.07, 6.45) is 11.5. The molecule has 0 unspecified atom stereocenters. The summed E-state index contributed by atoms with van der Waals surface area (Å²) in [5, 5.41) is 0. The van der Waals surface area contributed by atoms with E-state index in [1.807, 2.05) is 6.92 Å². The van der Waals surface area contributed by atoms with Crippen LogP contribution in [-0.4, -0.2) is 12.6 Å². The van der Waals surface area contributed by atoms with Gasteiger partial charge < -0.3 is 4.74 Å². The second kappa shape index (κ2) is 12.3. The van der Waals surface area contributed by atoms with Crippen LogP contribution in [0.5, 0.6) is 0 Å². The normalized spacial score (nSPS) is 11.9. The lowest BCUT2D eigenvalue weighted by Crippen LogP contribution is -2.08. The fourth-order valence-electron chi connectivity index (χ4n) is 2.11. The molecule has 0 aromatic rings. The van der Waals surface area contributed by atoms with E-state index in [1.54, 1.807) is 0 Å². The molecular formula is C17H32O2. The third kappa shape index (κ3) is 9.75. The van der Waals surface area contributed by atoms with Crippen LogP contribution in [0.1, 0.15) is 79.1 Å². The molecule has 0 aromatic heterocycles. The topological polar surface area (TPSA) is 26.3 Å². The lowest BCUT2D eigenvalue weighted by atomic mass is 10.0. The number of carbonyl (C=O) groups excluding carboxylic acids is 1. The Labute approximate surface area is 119 Å². The average Bonchev–Trinajstić information content (AvgIpc) is 2.43. The maximum atomic E-state index is 11.8. The molecule has 0 aliphatic rings. The van der Waals surface area contributed by atoms with Crippen molar-refractivity contribution in [3.63, 3.8) is 0 Å². The number of carbonyl (C=O) groups is 1. The van der Waals surface area contributed by atoms with Crippen molar-refractivity contribution < 1.29 is 9.53 Å². The molecule has 0 heterocycles. The van der Waals surface area contributed by atoms with Crippen LogP contribution in [0, 0.1) is 5.92 Å². The lowest BCUT2D eigenvalue weighted by Gasteiger charge is -2.09. The number of hydrogen-bond donors (Lipinski definition) is 0. The first-order valence-electron chi connectivity index (χ1n) is 8.01. The zero-order valence-corrected chi connectivity index (χ0v) is 13.3. The first-order valence-corrected chi connectivity index (χ1v) is 8.01. The standard InChI is InChI=1S/C17H32O2/c1-5-8-9-10-11-12-13-19-17(18)15(4)14-16(6-2)7-3/h14,16H,5-13H2,1-4H3. The van der Waals surface area contributed by atoms with E-state index in [-0.39, 0.29) is 5.97 Å². The molecule has 0 fully saturated rings. The third-order valence-electron chi connectivity index (χ3n) is 3.59. The van der Waals surface area contributed by atoms with E-state index in [1.165, 1.54) is 32.1 Å². The number of allylic oxidation sites excluding steroid dienone is 1. The molecule has 0 atom stereocenters. The highest BCUT2D eigenvalue weighted by molar-refractivity contribution is 5.87. The summed E-state index contributed by atoms with van der Waals surface area (Å²) >= 11 is 0. The molecule has 0 aliphatic carbocycles. The van der Waals surface area contributed by atoms with Crippen molar-refractivity contribution in [1.82, 2.24) is 0 Å². The van der Waals surface area contributed by atoms with Crippen LogP contribution < -0.4 is 0 Å². The molecule has 0 bridgehead atoms. The van der Waals surface area contributed by atoms with E-state index in [0.29, 0.717) is 12.5 Å². The van der Waals surface area contributed by atoms with Crippen LogP contribution in [0.2, 0.25) is 0 Å². The molecule has 112 valence electrons. The van der Waals surface area contributed by atoms with Gasteiger partial charge in [-0.15, -0.1) is 0 Å². The maximum absolute atomic E-state index is 11.8. The Balaban J connectivity index is 3.73. The van der Waals surface area contributed by atoms with Gasteiger partial charge in [-0.25, -0.2) is 4.79 Å². The summed E-state index contributed by atoms with van der Waals surface area (Å²) < 4.78 is 5.29. The van der Waals surface area contributed by atoms with Crippen molar-refractivity contribution >= 4 is 5.97 Å². The summed E-state index contributed by atoms with van der Waals surface area (Å²) in [6, 6.07) is 0. The van der Waals surface area contributed by atoms with Crippen LogP contribution in [-0.2, 0) is 9.53 Å². The first-order chi connectivity index (χ1) is 9.15. The summed E-state index contributed by atoms with van der Waals surface area (Å²) in [5.74, 6) is 0.363. The van der Waals surface area contributed by atoms with Gasteiger partial charge in [-0.3, -0.25) is 0 Å². The molecule has 0 radical (unpaired) electrons. The van der Waals surface area contributed by atoms with Crippen molar-refractivity contribution in [2.24, 2.45) is 5.92 Å². The van der Waals surface area contributed by atoms with Gasteiger partial charge in [0.1, 0.15) is 0 Å². The molecule has 19 heavy (non-hydrogen) atoms. The number of unbranched alkanes of at least 4 members (excludes halogenated alkanes) is 5. The average molecular weight is 268 g/mol. The Kier molecular flexibility index (Phi) is 11.7. The molecule has 0 N–H and O–H groups in total. The molecule has 0 spiro atoms. The minimum Gasteiger partial charge on any atom is -0.462 e. The molecule has 0 aliphatic heterocycles. The van der Waals surface area contributed by atoms with Crippen molar-refractivity contribution in [3.05, 3.63) is 11.6 Å². The molecule has 0 aromatic carbocycles. The second-order valence-corrected chi connectivity index (χ2v) is 5.33. The molecular weight excluding hydrogens is 236 g/mol. The third-order valence-corrected chi connectivity index (χ3v) is 3.59. The van der Waals surface area contributed by atoms with Crippen molar-refractivity contribution in [3.8, 4) is 0 Å². The molecule has 2 heteroatoms. The van der Waals surface area contributed by atoms with Crippen LogP contribution in [0.4, 0.5) is 0 Å². The van der Waals surface area contributed by atoms with Crippen molar-refractivity contribution in [2.75, 3.05) is 6.61 Å². The first kappa shape index (κ1) is 18.2. The van der Waals surface area contributed by atoms with Crippen molar-refractivity contribution in [1.29, 1.82) is 0 Å². The highest BCUT2D eigenvalue weighted by atomic mass is 16.5. The van der Waals surface area contributed by atoms with Crippen LogP contribution in [0.3, 0.4) is 0 Å². The minimum absolute atomic E-state index is 0.138. The number of ether oxygens (including phenoxy) is 1.